The van der Waals surface area contributed by atoms with Crippen LogP contribution in [0.2, 0.25) is 5.28 Å². The van der Waals surface area contributed by atoms with Crippen LogP contribution in [0.5, 0.6) is 0 Å². The number of hydrogen-bond donors (Lipinski definition) is 8. The van der Waals surface area contributed by atoms with Crippen LogP contribution >= 0.6 is 26.8 Å². The van der Waals surface area contributed by atoms with E-state index in [1.54, 1.807) is 0 Å². The highest BCUT2D eigenvalue weighted by Gasteiger charge is 2.60. The summed E-state index contributed by atoms with van der Waals surface area (Å²) in [5, 5.41) is 34.7. The fourth-order valence-electron chi connectivity index (χ4n) is 7.84. The van der Waals surface area contributed by atoms with E-state index in [1.807, 2.05) is 0 Å². The topological polar surface area (TPSA) is 273 Å². The van der Waals surface area contributed by atoms with Gasteiger partial charge in [0.25, 0.3) is 0 Å². The van der Waals surface area contributed by atoms with E-state index in [2.05, 4.69) is 20.3 Å². The number of aromatic nitrogens is 4. The molecule has 4 aliphatic carbocycles. The van der Waals surface area contributed by atoms with Crippen LogP contribution in [0.25, 0.3) is 11.2 Å². The number of carbonyl (C=O) groups excluding carboxylic acids is 1. The van der Waals surface area contributed by atoms with Crippen molar-refractivity contribution in [2.45, 2.75) is 74.7 Å². The average molecular weight is 667 g/mol. The zero-order valence-corrected chi connectivity index (χ0v) is 25.2. The highest BCUT2D eigenvalue weighted by molar-refractivity contribution is 7.70. The summed E-state index contributed by atoms with van der Waals surface area (Å²) in [6.07, 6.45) is -0.340. The molecule has 1 amide bonds. The van der Waals surface area contributed by atoms with E-state index in [0.29, 0.717) is 18.3 Å². The molecule has 6 unspecified atom stereocenters. The average Bonchev–Trinajstić information content (AvgIpc) is 3.40. The van der Waals surface area contributed by atoms with Crippen LogP contribution in [-0.2, 0) is 23.2 Å². The predicted molar refractivity (Wildman–Crippen MR) is 148 cm³/mol. The Morgan fingerprint density at radius 3 is 2.49 bits per heavy atom. The summed E-state index contributed by atoms with van der Waals surface area (Å²) in [6, 6.07) is -0.931. The number of hydrogen-bond acceptors (Lipinski definition) is 12. The van der Waals surface area contributed by atoms with Gasteiger partial charge in [-0.1, -0.05) is 0 Å². The maximum Gasteiger partial charge on any atom is 0.340 e. The second-order valence-electron chi connectivity index (χ2n) is 12.5. The Hall–Kier alpha value is -1.59. The molecule has 10 atom stereocenters. The first kappa shape index (κ1) is 31.4. The molecule has 1 aliphatic heterocycles. The summed E-state index contributed by atoms with van der Waals surface area (Å²) in [6.45, 7) is -0.775. The maximum atomic E-state index is 13.5. The summed E-state index contributed by atoms with van der Waals surface area (Å²) in [5.41, 5.74) is 5.28. The van der Waals surface area contributed by atoms with Crippen molar-refractivity contribution < 1.29 is 53.2 Å². The molecule has 0 aromatic carbocycles. The fraction of sp³-hybridized carbons (Fsp3) is 0.739. The third-order valence-electron chi connectivity index (χ3n) is 9.07. The molecule has 20 heteroatoms. The van der Waals surface area contributed by atoms with Gasteiger partial charge in [0.2, 0.25) is 11.2 Å². The lowest BCUT2D eigenvalue weighted by atomic mass is 9.46. The lowest BCUT2D eigenvalue weighted by molar-refractivity contribution is -0.172. The predicted octanol–water partition coefficient (Wildman–Crippen LogP) is 0.0332. The molecule has 7 rings (SSSR count). The number of aliphatic hydroxyl groups is 3. The number of ether oxygens (including phenoxy) is 1. The van der Waals surface area contributed by atoms with Crippen LogP contribution in [-0.4, -0.2) is 97.9 Å². The normalized spacial score (nSPS) is 37.5. The van der Waals surface area contributed by atoms with Gasteiger partial charge in [0.1, 0.15) is 18.3 Å². The van der Waals surface area contributed by atoms with E-state index in [9.17, 15) is 34.1 Å². The number of aliphatic hydroxyl groups excluding tert-OH is 2. The number of fused-ring (bicyclic) bond motifs is 1. The quantitative estimate of drug-likeness (QED) is 0.130. The molecule has 17 nitrogen and oxygen atoms in total. The molecule has 0 radical (unpaired) electrons. The molecule has 1 saturated heterocycles. The first-order valence-electron chi connectivity index (χ1n) is 13.7. The van der Waals surface area contributed by atoms with Gasteiger partial charge in [-0.05, 0) is 67.4 Å². The van der Waals surface area contributed by atoms with Gasteiger partial charge < -0.3 is 50.3 Å². The van der Waals surface area contributed by atoms with Crippen LogP contribution in [0.3, 0.4) is 0 Å². The Kier molecular flexibility index (Phi) is 7.85. The molecule has 4 bridgehead atoms. The van der Waals surface area contributed by atoms with E-state index in [0.717, 1.165) is 32.1 Å². The van der Waals surface area contributed by atoms with Crippen molar-refractivity contribution in [2.75, 3.05) is 17.8 Å². The van der Waals surface area contributed by atoms with Crippen LogP contribution in [0.1, 0.15) is 44.8 Å². The van der Waals surface area contributed by atoms with Gasteiger partial charge in [-0.3, -0.25) is 18.5 Å². The van der Waals surface area contributed by atoms with Gasteiger partial charge in [0, 0.05) is 0 Å². The van der Waals surface area contributed by atoms with Crippen molar-refractivity contribution in [2.24, 2.45) is 23.0 Å². The molecule has 9 N–H and O–H groups in total. The molecule has 0 spiro atoms. The van der Waals surface area contributed by atoms with Crippen LogP contribution in [0.15, 0.2) is 6.33 Å². The van der Waals surface area contributed by atoms with E-state index in [4.69, 9.17) is 36.4 Å². The number of rotatable bonds is 9. The number of nitrogens with zero attached hydrogens (tertiary/aromatic N) is 4. The summed E-state index contributed by atoms with van der Waals surface area (Å²) in [7, 11) is -9.62. The molecule has 2 aromatic rings. The second-order valence-corrected chi connectivity index (χ2v) is 16.8. The second kappa shape index (κ2) is 10.7. The monoisotopic (exact) mass is 666 g/mol. The highest BCUT2D eigenvalue weighted by atomic mass is 35.5. The Morgan fingerprint density at radius 2 is 1.86 bits per heavy atom. The minimum absolute atomic E-state index is 0.0140. The maximum absolute atomic E-state index is 13.5. The van der Waals surface area contributed by atoms with E-state index in [-0.39, 0.29) is 22.3 Å². The minimum atomic E-state index is -4.88. The Balaban J connectivity index is 1.20. The number of amides is 1. The molecular formula is C23H33ClN6O11P2. The van der Waals surface area contributed by atoms with Gasteiger partial charge in [0.05, 0.1) is 24.6 Å². The summed E-state index contributed by atoms with van der Waals surface area (Å²) in [4.78, 5) is 53.6. The first-order chi connectivity index (χ1) is 20.0. The van der Waals surface area contributed by atoms with Crippen molar-refractivity contribution >= 4 is 49.7 Å². The fourth-order valence-corrected chi connectivity index (χ4v) is 10.6. The van der Waals surface area contributed by atoms with Crippen molar-refractivity contribution in [1.29, 1.82) is 0 Å². The molecule has 4 saturated carbocycles. The molecule has 2 aromatic heterocycles. The number of imidazole rings is 1. The molecule has 5 aliphatic rings. The van der Waals surface area contributed by atoms with Crippen molar-refractivity contribution in [3.8, 4) is 0 Å². The SMILES string of the molecule is NC(C(=O)Nc1nc(Cl)nc2c1ncn2[C@@H]1O[C@H](COP(=O)(O)CP(=O)(O)O)C(O)[C@@H]1O)C12CC3C[C@@H](CC(O)(C3)C1)C2. The van der Waals surface area contributed by atoms with Gasteiger partial charge in [0.15, 0.2) is 29.1 Å². The standard InChI is InChI=1S/C23H33ClN6O11P2/c24-21-28-17(27-19(33)16(25)22-2-10-1-11(3-22)5-23(34,4-10)7-22)13-18(29-21)30(8-26-13)20-15(32)14(31)12(41-20)6-40-43(38,39)9-42(35,36)37/h8,10-12,14-16,20,31-32,34H,1-7,9,25H2,(H,38,39)(H2,35,36,37)(H,27,28,29,33)/t10-,11?,12-,14?,15+,16?,20-,22?,23?/m1/s1. The van der Waals surface area contributed by atoms with E-state index in [1.165, 1.54) is 10.9 Å². The van der Waals surface area contributed by atoms with Gasteiger partial charge in [-0.25, -0.2) is 4.98 Å². The smallest absolute Gasteiger partial charge is 0.340 e. The van der Waals surface area contributed by atoms with Gasteiger partial charge in [-0.2, -0.15) is 9.97 Å². The highest BCUT2D eigenvalue weighted by Crippen LogP contribution is 2.62. The number of anilines is 1. The molecule has 43 heavy (non-hydrogen) atoms. The zero-order valence-electron chi connectivity index (χ0n) is 22.6. The number of carbonyl (C=O) groups is 1. The zero-order chi connectivity index (χ0) is 31.1. The largest absolute Gasteiger partial charge is 0.390 e. The minimum Gasteiger partial charge on any atom is -0.390 e. The summed E-state index contributed by atoms with van der Waals surface area (Å²) in [5.74, 6) is -1.37. The summed E-state index contributed by atoms with van der Waals surface area (Å²) < 4.78 is 34.7. The van der Waals surface area contributed by atoms with Gasteiger partial charge >= 0.3 is 15.2 Å². The third kappa shape index (κ3) is 6.03. The van der Waals surface area contributed by atoms with Crippen LogP contribution in [0.4, 0.5) is 5.82 Å². The molecule has 5 fully saturated rings. The number of nitrogens with one attached hydrogen (secondary N) is 1. The van der Waals surface area contributed by atoms with Crippen molar-refractivity contribution in [1.82, 2.24) is 19.5 Å². The van der Waals surface area contributed by atoms with E-state index < -0.39 is 75.2 Å². The van der Waals surface area contributed by atoms with E-state index >= 15 is 0 Å². The molecule has 238 valence electrons. The Bertz CT molecular complexity index is 1520. The Labute approximate surface area is 249 Å². The molecular weight excluding hydrogens is 634 g/mol. The van der Waals surface area contributed by atoms with Crippen LogP contribution in [0, 0.1) is 17.3 Å². The van der Waals surface area contributed by atoms with Gasteiger partial charge in [-0.15, -0.1) is 0 Å². The first-order valence-corrected chi connectivity index (χ1v) is 17.6. The number of nitrogens with two attached hydrogens (primary N) is 1. The van der Waals surface area contributed by atoms with Crippen molar-refractivity contribution in [3.05, 3.63) is 11.6 Å². The Morgan fingerprint density at radius 1 is 1.19 bits per heavy atom. The molecule has 3 heterocycles. The van der Waals surface area contributed by atoms with Crippen molar-refractivity contribution in [3.63, 3.8) is 0 Å². The number of halogens is 1. The lowest BCUT2D eigenvalue weighted by Crippen LogP contribution is -2.63. The third-order valence-corrected chi connectivity index (χ3v) is 12.7. The summed E-state index contributed by atoms with van der Waals surface area (Å²) >= 11 is 6.17. The lowest BCUT2D eigenvalue weighted by Gasteiger charge is -2.61. The van der Waals surface area contributed by atoms with Crippen LogP contribution < -0.4 is 11.1 Å².